The summed E-state index contributed by atoms with van der Waals surface area (Å²) in [6.07, 6.45) is 2.29. The zero-order valence-corrected chi connectivity index (χ0v) is 17.2. The van der Waals surface area contributed by atoms with Crippen LogP contribution in [0.5, 0.6) is 0 Å². The van der Waals surface area contributed by atoms with E-state index in [2.05, 4.69) is 39.4 Å². The third-order valence-electron chi connectivity index (χ3n) is 2.90. The number of guanidine groups is 1. The van der Waals surface area contributed by atoms with E-state index in [1.165, 1.54) is 6.42 Å². The number of hydrogen-bond acceptors (Lipinski definition) is 4. The van der Waals surface area contributed by atoms with Crippen LogP contribution in [-0.4, -0.2) is 49.2 Å². The smallest absolute Gasteiger partial charge is 0.194 e. The van der Waals surface area contributed by atoms with Crippen LogP contribution >= 0.6 is 35.3 Å². The van der Waals surface area contributed by atoms with Crippen LogP contribution in [0.2, 0.25) is 0 Å². The normalized spacial score (nSPS) is 11.2. The zero-order chi connectivity index (χ0) is 15.5. The predicted molar refractivity (Wildman–Crippen MR) is 105 cm³/mol. The lowest BCUT2D eigenvalue weighted by Gasteiger charge is -2.21. The highest BCUT2D eigenvalue weighted by Gasteiger charge is 2.08. The van der Waals surface area contributed by atoms with Gasteiger partial charge in [0.1, 0.15) is 0 Å². The Hall–Kier alpha value is -0.410. The van der Waals surface area contributed by atoms with Crippen molar-refractivity contribution in [2.75, 3.05) is 33.4 Å². The molecule has 0 unspecified atom stereocenters. The highest BCUT2D eigenvalue weighted by atomic mass is 127. The van der Waals surface area contributed by atoms with Gasteiger partial charge in [-0.1, -0.05) is 13.3 Å². The third kappa shape index (κ3) is 8.89. The summed E-state index contributed by atoms with van der Waals surface area (Å²) < 4.78 is 5.54. The van der Waals surface area contributed by atoms with Crippen LogP contribution in [0.15, 0.2) is 10.4 Å². The Balaban J connectivity index is 0.00000441. The van der Waals surface area contributed by atoms with Crippen molar-refractivity contribution in [3.63, 3.8) is 0 Å². The molecule has 0 amide bonds. The standard InChI is InChI=1S/C15H28N4OS.HI/c1-5-7-9-20-10-8-17-15(16-6-2)19(4)11-14-12-21-13(3)18-14;/h12H,5-11H2,1-4H3,(H,16,17);1H. The minimum Gasteiger partial charge on any atom is -0.380 e. The van der Waals surface area contributed by atoms with Gasteiger partial charge >= 0.3 is 0 Å². The molecule has 0 atom stereocenters. The first-order chi connectivity index (χ1) is 10.2. The molecule has 0 aliphatic heterocycles. The molecular formula is C15H29IN4OS. The molecule has 0 spiro atoms. The maximum Gasteiger partial charge on any atom is 0.194 e. The maximum atomic E-state index is 5.54. The number of rotatable bonds is 9. The van der Waals surface area contributed by atoms with Gasteiger partial charge in [0, 0.05) is 25.6 Å². The minimum atomic E-state index is 0. The van der Waals surface area contributed by atoms with Gasteiger partial charge in [-0.2, -0.15) is 0 Å². The van der Waals surface area contributed by atoms with Gasteiger partial charge in [-0.3, -0.25) is 4.99 Å². The summed E-state index contributed by atoms with van der Waals surface area (Å²) in [6, 6.07) is 0. The van der Waals surface area contributed by atoms with Gasteiger partial charge in [0.15, 0.2) is 5.96 Å². The van der Waals surface area contributed by atoms with Crippen LogP contribution in [0.3, 0.4) is 0 Å². The Bertz CT molecular complexity index is 425. The second-order valence-electron chi connectivity index (χ2n) is 4.92. The van der Waals surface area contributed by atoms with Crippen molar-refractivity contribution in [3.8, 4) is 0 Å². The predicted octanol–water partition coefficient (Wildman–Crippen LogP) is 3.28. The summed E-state index contributed by atoms with van der Waals surface area (Å²) >= 11 is 1.68. The van der Waals surface area contributed by atoms with Crippen molar-refractivity contribution in [1.29, 1.82) is 0 Å². The summed E-state index contributed by atoms with van der Waals surface area (Å²) in [5.74, 6) is 0.905. The molecule has 1 rings (SSSR count). The molecule has 1 aromatic rings. The molecular weight excluding hydrogens is 411 g/mol. The van der Waals surface area contributed by atoms with Crippen molar-refractivity contribution >= 4 is 41.3 Å². The zero-order valence-electron chi connectivity index (χ0n) is 14.1. The quantitative estimate of drug-likeness (QED) is 0.277. The van der Waals surface area contributed by atoms with Crippen LogP contribution in [-0.2, 0) is 11.3 Å². The molecule has 22 heavy (non-hydrogen) atoms. The van der Waals surface area contributed by atoms with E-state index in [1.54, 1.807) is 11.3 Å². The molecule has 0 aliphatic carbocycles. The highest BCUT2D eigenvalue weighted by Crippen LogP contribution is 2.09. The first kappa shape index (κ1) is 21.6. The lowest BCUT2D eigenvalue weighted by molar-refractivity contribution is 0.138. The van der Waals surface area contributed by atoms with E-state index in [4.69, 9.17) is 4.74 Å². The minimum absolute atomic E-state index is 0. The van der Waals surface area contributed by atoms with Crippen LogP contribution in [0.1, 0.15) is 37.4 Å². The van der Waals surface area contributed by atoms with Gasteiger partial charge in [0.25, 0.3) is 0 Å². The van der Waals surface area contributed by atoms with Gasteiger partial charge in [0.2, 0.25) is 0 Å². The van der Waals surface area contributed by atoms with E-state index < -0.39 is 0 Å². The Morgan fingerprint density at radius 3 is 2.77 bits per heavy atom. The number of ether oxygens (including phenoxy) is 1. The van der Waals surface area contributed by atoms with Crippen molar-refractivity contribution in [2.24, 2.45) is 4.99 Å². The van der Waals surface area contributed by atoms with Gasteiger partial charge in [-0.15, -0.1) is 35.3 Å². The van der Waals surface area contributed by atoms with E-state index in [9.17, 15) is 0 Å². The van der Waals surface area contributed by atoms with E-state index in [1.807, 2.05) is 14.0 Å². The molecule has 1 aromatic heterocycles. The van der Waals surface area contributed by atoms with E-state index in [0.717, 1.165) is 42.8 Å². The number of aryl methyl sites for hydroxylation is 1. The largest absolute Gasteiger partial charge is 0.380 e. The number of aromatic nitrogens is 1. The average Bonchev–Trinajstić information content (AvgIpc) is 2.86. The number of thiazole rings is 1. The molecule has 0 saturated heterocycles. The highest BCUT2D eigenvalue weighted by molar-refractivity contribution is 14.0. The van der Waals surface area contributed by atoms with Gasteiger partial charge in [-0.25, -0.2) is 4.98 Å². The van der Waals surface area contributed by atoms with Crippen molar-refractivity contribution in [1.82, 2.24) is 15.2 Å². The third-order valence-corrected chi connectivity index (χ3v) is 3.72. The number of nitrogens with zero attached hydrogens (tertiary/aromatic N) is 3. The summed E-state index contributed by atoms with van der Waals surface area (Å²) in [6.45, 7) is 10.1. The van der Waals surface area contributed by atoms with E-state index >= 15 is 0 Å². The maximum absolute atomic E-state index is 5.54. The topological polar surface area (TPSA) is 49.8 Å². The van der Waals surface area contributed by atoms with Crippen LogP contribution in [0, 0.1) is 6.92 Å². The Morgan fingerprint density at radius 2 is 2.18 bits per heavy atom. The van der Waals surface area contributed by atoms with Crippen LogP contribution in [0.25, 0.3) is 0 Å². The second-order valence-corrected chi connectivity index (χ2v) is 5.98. The summed E-state index contributed by atoms with van der Waals surface area (Å²) in [5, 5.41) is 6.51. The Morgan fingerprint density at radius 1 is 1.41 bits per heavy atom. The Kier molecular flexibility index (Phi) is 12.8. The summed E-state index contributed by atoms with van der Waals surface area (Å²) in [5.41, 5.74) is 1.09. The number of unbranched alkanes of at least 4 members (excludes halogenated alkanes) is 1. The molecule has 128 valence electrons. The monoisotopic (exact) mass is 440 g/mol. The van der Waals surface area contributed by atoms with Crippen LogP contribution in [0.4, 0.5) is 0 Å². The van der Waals surface area contributed by atoms with E-state index in [0.29, 0.717) is 13.2 Å². The van der Waals surface area contributed by atoms with Gasteiger partial charge in [-0.05, 0) is 20.3 Å². The molecule has 0 saturated carbocycles. The molecule has 1 N–H and O–H groups in total. The lowest BCUT2D eigenvalue weighted by atomic mass is 10.4. The van der Waals surface area contributed by atoms with Gasteiger partial charge < -0.3 is 15.0 Å². The fourth-order valence-corrected chi connectivity index (χ4v) is 2.44. The van der Waals surface area contributed by atoms with Crippen molar-refractivity contribution in [3.05, 3.63) is 16.1 Å². The first-order valence-corrected chi connectivity index (χ1v) is 8.53. The molecule has 0 aliphatic rings. The summed E-state index contributed by atoms with van der Waals surface area (Å²) in [7, 11) is 2.04. The Labute approximate surface area is 155 Å². The molecule has 0 fully saturated rings. The number of halogens is 1. The fourth-order valence-electron chi connectivity index (χ4n) is 1.83. The molecule has 0 aromatic carbocycles. The average molecular weight is 440 g/mol. The molecule has 0 bridgehead atoms. The fraction of sp³-hybridized carbons (Fsp3) is 0.733. The summed E-state index contributed by atoms with van der Waals surface area (Å²) in [4.78, 5) is 11.2. The molecule has 0 radical (unpaired) electrons. The second kappa shape index (κ2) is 13.1. The molecule has 7 heteroatoms. The van der Waals surface area contributed by atoms with Crippen molar-refractivity contribution in [2.45, 2.75) is 40.2 Å². The van der Waals surface area contributed by atoms with Crippen LogP contribution < -0.4 is 5.32 Å². The first-order valence-electron chi connectivity index (χ1n) is 7.65. The number of aliphatic imine (C=N–C) groups is 1. The van der Waals surface area contributed by atoms with Crippen molar-refractivity contribution < 1.29 is 4.74 Å². The number of hydrogen-bond donors (Lipinski definition) is 1. The van der Waals surface area contributed by atoms with Gasteiger partial charge in [0.05, 0.1) is 30.4 Å². The molecule has 1 heterocycles. The lowest BCUT2D eigenvalue weighted by Crippen LogP contribution is -2.38. The van der Waals surface area contributed by atoms with E-state index in [-0.39, 0.29) is 24.0 Å². The molecule has 5 nitrogen and oxygen atoms in total. The SMILES string of the molecule is CCCCOCCN=C(NCC)N(C)Cc1csc(C)n1.I. The number of nitrogens with one attached hydrogen (secondary N) is 1.